The van der Waals surface area contributed by atoms with E-state index in [2.05, 4.69) is 0 Å². The number of rotatable bonds is 2. The Morgan fingerprint density at radius 2 is 1.57 bits per heavy atom. The van der Waals surface area contributed by atoms with Gasteiger partial charge in [-0.3, -0.25) is 9.59 Å². The zero-order valence-electron chi connectivity index (χ0n) is 8.14. The highest BCUT2D eigenvalue weighted by Crippen LogP contribution is 2.33. The van der Waals surface area contributed by atoms with Crippen molar-refractivity contribution in [2.75, 3.05) is 0 Å². The molecular formula is C9H14AlO4. The molecule has 5 heteroatoms. The molecule has 0 bridgehead atoms. The van der Waals surface area contributed by atoms with Gasteiger partial charge in [-0.15, -0.1) is 0 Å². The van der Waals surface area contributed by atoms with Gasteiger partial charge in [0.2, 0.25) is 0 Å². The number of carbonyl (C=O) groups is 2. The fourth-order valence-electron chi connectivity index (χ4n) is 1.95. The van der Waals surface area contributed by atoms with E-state index in [1.165, 1.54) is 0 Å². The van der Waals surface area contributed by atoms with Crippen LogP contribution < -0.4 is 0 Å². The molecule has 3 unspecified atom stereocenters. The zero-order chi connectivity index (χ0) is 10.0. The molecule has 0 heterocycles. The summed E-state index contributed by atoms with van der Waals surface area (Å²) in [6, 6.07) is 0. The Hall–Kier alpha value is -0.528. The van der Waals surface area contributed by atoms with Gasteiger partial charge in [0, 0.05) is 17.4 Å². The molecule has 0 amide bonds. The molecule has 1 saturated carbocycles. The third-order valence-corrected chi connectivity index (χ3v) is 2.75. The maximum atomic E-state index is 10.8. The minimum absolute atomic E-state index is 0. The third-order valence-electron chi connectivity index (χ3n) is 2.75. The van der Waals surface area contributed by atoms with Crippen LogP contribution in [0.2, 0.25) is 0 Å². The Morgan fingerprint density at radius 3 is 2.00 bits per heavy atom. The molecule has 0 aromatic carbocycles. The lowest BCUT2D eigenvalue weighted by atomic mass is 9.75. The van der Waals surface area contributed by atoms with E-state index in [4.69, 9.17) is 10.2 Å². The van der Waals surface area contributed by atoms with Gasteiger partial charge in [-0.2, -0.15) is 0 Å². The lowest BCUT2D eigenvalue weighted by Gasteiger charge is -2.29. The summed E-state index contributed by atoms with van der Waals surface area (Å²) in [6.07, 6.45) is 1.81. The van der Waals surface area contributed by atoms with E-state index in [0.717, 1.165) is 6.42 Å². The van der Waals surface area contributed by atoms with Crippen LogP contribution in [0.15, 0.2) is 0 Å². The van der Waals surface area contributed by atoms with Crippen molar-refractivity contribution in [3.63, 3.8) is 0 Å². The summed E-state index contributed by atoms with van der Waals surface area (Å²) < 4.78 is 0. The molecule has 1 fully saturated rings. The number of hydrogen-bond donors (Lipinski definition) is 2. The van der Waals surface area contributed by atoms with Crippen LogP contribution in [0.3, 0.4) is 0 Å². The van der Waals surface area contributed by atoms with Crippen LogP contribution in [-0.2, 0) is 9.59 Å². The number of carboxylic acid groups (broad SMARTS) is 2. The highest BCUT2D eigenvalue weighted by atomic mass is 27.0. The standard InChI is InChI=1S/C9H14O4.Al/c1-5-2-3-6(8(10)11)7(4-5)9(12)13;/h5-7H,2-4H2,1H3,(H,10,11)(H,12,13);. The average Bonchev–Trinajstić information content (AvgIpc) is 2.03. The van der Waals surface area contributed by atoms with E-state index in [1.807, 2.05) is 6.92 Å². The predicted molar refractivity (Wildman–Crippen MR) is 51.0 cm³/mol. The zero-order valence-corrected chi connectivity index (χ0v) is 9.30. The van der Waals surface area contributed by atoms with Crippen LogP contribution in [0.25, 0.3) is 0 Å². The molecule has 3 atom stereocenters. The Labute approximate surface area is 93.4 Å². The largest absolute Gasteiger partial charge is 0.481 e. The van der Waals surface area contributed by atoms with E-state index >= 15 is 0 Å². The summed E-state index contributed by atoms with van der Waals surface area (Å²) >= 11 is 0. The summed E-state index contributed by atoms with van der Waals surface area (Å²) in [6.45, 7) is 1.97. The van der Waals surface area contributed by atoms with Crippen molar-refractivity contribution in [2.45, 2.75) is 26.2 Å². The van der Waals surface area contributed by atoms with E-state index in [1.54, 1.807) is 0 Å². The molecule has 77 valence electrons. The quantitative estimate of drug-likeness (QED) is 0.666. The molecule has 4 nitrogen and oxygen atoms in total. The van der Waals surface area contributed by atoms with Gasteiger partial charge in [0.05, 0.1) is 11.8 Å². The predicted octanol–water partition coefficient (Wildman–Crippen LogP) is 0.827. The smallest absolute Gasteiger partial charge is 0.307 e. The number of hydrogen-bond acceptors (Lipinski definition) is 2. The van der Waals surface area contributed by atoms with Crippen molar-refractivity contribution >= 4 is 29.3 Å². The lowest BCUT2D eigenvalue weighted by molar-refractivity contribution is -0.156. The molecule has 0 saturated heterocycles. The minimum Gasteiger partial charge on any atom is -0.481 e. The van der Waals surface area contributed by atoms with Gasteiger partial charge >= 0.3 is 11.9 Å². The molecule has 0 aromatic rings. The van der Waals surface area contributed by atoms with Gasteiger partial charge < -0.3 is 10.2 Å². The van der Waals surface area contributed by atoms with Crippen LogP contribution >= 0.6 is 0 Å². The van der Waals surface area contributed by atoms with Crippen molar-refractivity contribution in [1.29, 1.82) is 0 Å². The van der Waals surface area contributed by atoms with Gasteiger partial charge in [-0.1, -0.05) is 6.92 Å². The fraction of sp³-hybridized carbons (Fsp3) is 0.778. The highest BCUT2D eigenvalue weighted by molar-refractivity contribution is 5.80. The SMILES string of the molecule is CC1CCC(C(=O)O)C(C(=O)O)C1.[Al]. The van der Waals surface area contributed by atoms with E-state index in [9.17, 15) is 9.59 Å². The van der Waals surface area contributed by atoms with Crippen molar-refractivity contribution < 1.29 is 19.8 Å². The van der Waals surface area contributed by atoms with Gasteiger partial charge in [-0.25, -0.2) is 0 Å². The molecule has 0 aliphatic heterocycles. The van der Waals surface area contributed by atoms with Crippen LogP contribution in [0.5, 0.6) is 0 Å². The molecule has 1 aliphatic rings. The minimum atomic E-state index is -0.973. The molecule has 1 rings (SSSR count). The second-order valence-corrected chi connectivity index (χ2v) is 3.81. The van der Waals surface area contributed by atoms with E-state index in [0.29, 0.717) is 18.8 Å². The van der Waals surface area contributed by atoms with Crippen molar-refractivity contribution in [2.24, 2.45) is 17.8 Å². The van der Waals surface area contributed by atoms with Crippen LogP contribution in [0, 0.1) is 17.8 Å². The first-order chi connectivity index (χ1) is 6.02. The summed E-state index contributed by atoms with van der Waals surface area (Å²) in [7, 11) is 0. The second kappa shape index (κ2) is 5.38. The van der Waals surface area contributed by atoms with Crippen molar-refractivity contribution in [3.8, 4) is 0 Å². The maximum Gasteiger partial charge on any atom is 0.307 e. The Morgan fingerprint density at radius 1 is 1.07 bits per heavy atom. The first-order valence-corrected chi connectivity index (χ1v) is 4.48. The molecule has 14 heavy (non-hydrogen) atoms. The fourth-order valence-corrected chi connectivity index (χ4v) is 1.95. The summed E-state index contributed by atoms with van der Waals surface area (Å²) in [5.41, 5.74) is 0. The topological polar surface area (TPSA) is 74.6 Å². The van der Waals surface area contributed by atoms with Gasteiger partial charge in [0.1, 0.15) is 0 Å². The first kappa shape index (κ1) is 13.5. The maximum absolute atomic E-state index is 10.8. The molecule has 0 spiro atoms. The summed E-state index contributed by atoms with van der Waals surface area (Å²) in [5.74, 6) is -3.00. The summed E-state index contributed by atoms with van der Waals surface area (Å²) in [5, 5.41) is 17.6. The second-order valence-electron chi connectivity index (χ2n) is 3.81. The normalized spacial score (nSPS) is 31.6. The third kappa shape index (κ3) is 3.00. The molecule has 2 N–H and O–H groups in total. The lowest BCUT2D eigenvalue weighted by Crippen LogP contribution is -2.34. The molecular weight excluding hydrogens is 199 g/mol. The van der Waals surface area contributed by atoms with E-state index in [-0.39, 0.29) is 17.4 Å². The Kier molecular flexibility index (Phi) is 5.17. The molecule has 0 aromatic heterocycles. The van der Waals surface area contributed by atoms with Crippen molar-refractivity contribution in [3.05, 3.63) is 0 Å². The Balaban J connectivity index is 0.00000169. The van der Waals surface area contributed by atoms with Gasteiger partial charge in [0.25, 0.3) is 0 Å². The molecule has 3 radical (unpaired) electrons. The van der Waals surface area contributed by atoms with Gasteiger partial charge in [0.15, 0.2) is 0 Å². The van der Waals surface area contributed by atoms with Crippen LogP contribution in [-0.4, -0.2) is 39.5 Å². The Bertz CT molecular complexity index is 229. The van der Waals surface area contributed by atoms with E-state index < -0.39 is 23.8 Å². The number of carboxylic acids is 2. The van der Waals surface area contributed by atoms with Crippen LogP contribution in [0.4, 0.5) is 0 Å². The van der Waals surface area contributed by atoms with Crippen LogP contribution in [0.1, 0.15) is 26.2 Å². The first-order valence-electron chi connectivity index (χ1n) is 4.48. The van der Waals surface area contributed by atoms with Gasteiger partial charge in [-0.05, 0) is 25.2 Å². The monoisotopic (exact) mass is 213 g/mol. The number of aliphatic carboxylic acids is 2. The highest BCUT2D eigenvalue weighted by Gasteiger charge is 2.37. The summed E-state index contributed by atoms with van der Waals surface area (Å²) in [4.78, 5) is 21.5. The average molecular weight is 213 g/mol. The molecule has 1 aliphatic carbocycles. The van der Waals surface area contributed by atoms with Crippen molar-refractivity contribution in [1.82, 2.24) is 0 Å².